The van der Waals surface area contributed by atoms with Crippen LogP contribution in [0.15, 0.2) is 15.2 Å². The molecular formula is C42H79N11O6S4. The maximum atomic E-state index is 12.7. The van der Waals surface area contributed by atoms with Gasteiger partial charge in [-0.15, -0.1) is 0 Å². The van der Waals surface area contributed by atoms with Crippen molar-refractivity contribution in [1.29, 1.82) is 0 Å². The Balaban J connectivity index is 4.08. The molecule has 3 atom stereocenters. The summed E-state index contributed by atoms with van der Waals surface area (Å²) in [7, 11) is 4.98. The molecule has 10 N–H and O–H groups in total. The van der Waals surface area contributed by atoms with E-state index in [4.69, 9.17) is 11.5 Å². The van der Waals surface area contributed by atoms with Crippen molar-refractivity contribution in [2.75, 3.05) is 49.2 Å². The van der Waals surface area contributed by atoms with Gasteiger partial charge < -0.3 is 32.7 Å². The van der Waals surface area contributed by atoms with Gasteiger partial charge in [0.1, 0.15) is 6.04 Å². The Kier molecular flexibility index (Phi) is 40.6. The van der Waals surface area contributed by atoms with E-state index in [-0.39, 0.29) is 97.5 Å². The van der Waals surface area contributed by atoms with E-state index in [1.54, 1.807) is 12.4 Å². The largest absolute Gasteiger partial charge is 0.370 e. The van der Waals surface area contributed by atoms with E-state index in [1.807, 2.05) is 0 Å². The quantitative estimate of drug-likeness (QED) is 0.0126. The maximum absolute atomic E-state index is 12.7. The van der Waals surface area contributed by atoms with Gasteiger partial charge in [0.2, 0.25) is 23.6 Å². The Bertz CT molecular complexity index is 1360. The SMILES string of the molecule is CCCCCCCCCC(C)/C=N\NC(=O)CSSCC(=O)NCCNC(=O)CC[C@H](N=C(N)N)C(=O)NCCNC(=O)CSSCC(=O)N/N=C\C(C)CCCCCCCCC. The lowest BCUT2D eigenvalue weighted by Crippen LogP contribution is -2.41. The van der Waals surface area contributed by atoms with Crippen LogP contribution in [0.5, 0.6) is 0 Å². The molecule has 0 fully saturated rings. The van der Waals surface area contributed by atoms with Gasteiger partial charge in [-0.05, 0) is 31.1 Å². The van der Waals surface area contributed by atoms with Gasteiger partial charge in [0.15, 0.2) is 5.96 Å². The number of nitrogens with two attached hydrogens (primary N) is 2. The molecule has 63 heavy (non-hydrogen) atoms. The molecule has 0 rings (SSSR count). The van der Waals surface area contributed by atoms with Gasteiger partial charge in [-0.2, -0.15) is 10.2 Å². The van der Waals surface area contributed by atoms with Crippen molar-refractivity contribution in [2.45, 2.75) is 149 Å². The Morgan fingerprint density at radius 2 is 0.857 bits per heavy atom. The Hall–Kier alpha value is -3.17. The lowest BCUT2D eigenvalue weighted by Gasteiger charge is -2.14. The topological polar surface area (TPSA) is 264 Å². The molecular weight excluding hydrogens is 883 g/mol. The standard InChI is InChI=1S/C42H79N11O6S4/c1-5-7-9-11-13-15-17-19-33(3)27-49-52-39(57)31-62-60-29-37(55)46-24-23-45-36(54)22-21-35(51-42(43)44)41(59)48-26-25-47-38(56)30-61-63-32-40(58)53-50-28-34(4)20-18-16-14-12-10-8-6-2/h27-28,33-35H,5-26,29-32H2,1-4H3,(H,45,54)(H,46,55)(H,47,56)(H,48,59)(H,52,57)(H,53,58)(H4,43,44,51)/b49-27-,50-28-/t33?,34?,35-/m0/s1. The smallest absolute Gasteiger partial charge is 0.250 e. The average molecular weight is 962 g/mol. The predicted octanol–water partition coefficient (Wildman–Crippen LogP) is 5.39. The van der Waals surface area contributed by atoms with Gasteiger partial charge in [0, 0.05) is 45.0 Å². The van der Waals surface area contributed by atoms with Crippen LogP contribution >= 0.6 is 43.2 Å². The molecule has 0 bridgehead atoms. The van der Waals surface area contributed by atoms with E-state index in [1.165, 1.54) is 120 Å². The zero-order valence-corrected chi connectivity index (χ0v) is 41.6. The molecule has 0 aromatic rings. The van der Waals surface area contributed by atoms with E-state index in [0.29, 0.717) is 11.8 Å². The van der Waals surface area contributed by atoms with Crippen LogP contribution in [-0.4, -0.2) is 109 Å². The van der Waals surface area contributed by atoms with Gasteiger partial charge in [0.25, 0.3) is 11.8 Å². The van der Waals surface area contributed by atoms with Crippen molar-refractivity contribution >= 4 is 97.0 Å². The molecule has 0 aliphatic rings. The number of hydrogen-bond donors (Lipinski definition) is 8. The van der Waals surface area contributed by atoms with Crippen LogP contribution in [0.4, 0.5) is 0 Å². The number of carbonyl (C=O) groups is 6. The summed E-state index contributed by atoms with van der Waals surface area (Å²) in [5.41, 5.74) is 16.1. The summed E-state index contributed by atoms with van der Waals surface area (Å²) < 4.78 is 0. The summed E-state index contributed by atoms with van der Waals surface area (Å²) in [6.07, 6.45) is 23.3. The summed E-state index contributed by atoms with van der Waals surface area (Å²) in [5.74, 6) is -0.995. The van der Waals surface area contributed by atoms with E-state index < -0.39 is 11.9 Å². The predicted molar refractivity (Wildman–Crippen MR) is 268 cm³/mol. The lowest BCUT2D eigenvalue weighted by atomic mass is 10.0. The van der Waals surface area contributed by atoms with Crippen LogP contribution in [0, 0.1) is 11.8 Å². The van der Waals surface area contributed by atoms with Crippen LogP contribution in [-0.2, 0) is 28.8 Å². The first-order valence-corrected chi connectivity index (χ1v) is 27.6. The minimum atomic E-state index is -1.02. The molecule has 0 heterocycles. The highest BCUT2D eigenvalue weighted by atomic mass is 33.1. The van der Waals surface area contributed by atoms with Gasteiger partial charge >= 0.3 is 0 Å². The van der Waals surface area contributed by atoms with Crippen molar-refractivity contribution in [3.8, 4) is 0 Å². The fourth-order valence-electron chi connectivity index (χ4n) is 5.72. The second-order valence-electron chi connectivity index (χ2n) is 15.4. The fraction of sp³-hybridized carbons (Fsp3) is 0.786. The number of guanidine groups is 1. The van der Waals surface area contributed by atoms with Crippen LogP contribution in [0.2, 0.25) is 0 Å². The van der Waals surface area contributed by atoms with Crippen LogP contribution in [0.25, 0.3) is 0 Å². The summed E-state index contributed by atoms with van der Waals surface area (Å²) in [6.45, 7) is 9.26. The van der Waals surface area contributed by atoms with E-state index in [9.17, 15) is 28.8 Å². The average Bonchev–Trinajstić information content (AvgIpc) is 3.24. The number of nitrogens with zero attached hydrogens (tertiary/aromatic N) is 3. The minimum absolute atomic E-state index is 0.0321. The van der Waals surface area contributed by atoms with Crippen LogP contribution < -0.4 is 43.6 Å². The van der Waals surface area contributed by atoms with Crippen LogP contribution in [0.1, 0.15) is 143 Å². The number of unbranched alkanes of at least 4 members (excludes halogenated alkanes) is 12. The van der Waals surface area contributed by atoms with Gasteiger partial charge in [-0.25, -0.2) is 15.8 Å². The highest BCUT2D eigenvalue weighted by Gasteiger charge is 2.19. The van der Waals surface area contributed by atoms with E-state index in [0.717, 1.165) is 25.7 Å². The second kappa shape index (κ2) is 42.8. The van der Waals surface area contributed by atoms with Crippen molar-refractivity contribution < 1.29 is 28.8 Å². The normalized spacial score (nSPS) is 12.6. The van der Waals surface area contributed by atoms with Gasteiger partial charge in [-0.1, -0.05) is 161 Å². The lowest BCUT2D eigenvalue weighted by molar-refractivity contribution is -0.124. The third kappa shape index (κ3) is 41.3. The number of hydrogen-bond acceptors (Lipinski definition) is 13. The second-order valence-corrected chi connectivity index (χ2v) is 20.3. The Morgan fingerprint density at radius 1 is 0.492 bits per heavy atom. The highest BCUT2D eigenvalue weighted by Crippen LogP contribution is 2.21. The molecule has 6 amide bonds. The molecule has 2 unspecified atom stereocenters. The molecule has 0 saturated carbocycles. The Morgan fingerprint density at radius 3 is 1.27 bits per heavy atom. The molecule has 0 radical (unpaired) electrons. The molecule has 0 aliphatic heterocycles. The zero-order valence-electron chi connectivity index (χ0n) is 38.4. The zero-order chi connectivity index (χ0) is 46.8. The number of nitrogens with one attached hydrogen (secondary N) is 6. The third-order valence-electron chi connectivity index (χ3n) is 9.26. The number of hydrazone groups is 2. The van der Waals surface area contributed by atoms with Crippen molar-refractivity contribution in [3.63, 3.8) is 0 Å². The first-order chi connectivity index (χ1) is 30.4. The highest BCUT2D eigenvalue weighted by molar-refractivity contribution is 8.77. The van der Waals surface area contributed by atoms with Crippen molar-refractivity contribution in [3.05, 3.63) is 0 Å². The van der Waals surface area contributed by atoms with E-state index in [2.05, 4.69) is 75.0 Å². The summed E-state index contributed by atoms with van der Waals surface area (Å²) in [6, 6.07) is -1.02. The monoisotopic (exact) mass is 962 g/mol. The first kappa shape index (κ1) is 59.8. The number of rotatable bonds is 41. The number of carbonyl (C=O) groups excluding carboxylic acids is 6. The summed E-state index contributed by atoms with van der Waals surface area (Å²) >= 11 is 0. The number of aliphatic imine (C=N–C) groups is 1. The maximum Gasteiger partial charge on any atom is 0.250 e. The first-order valence-electron chi connectivity index (χ1n) is 22.7. The van der Waals surface area contributed by atoms with Crippen LogP contribution in [0.3, 0.4) is 0 Å². The molecule has 0 aliphatic carbocycles. The molecule has 17 nitrogen and oxygen atoms in total. The van der Waals surface area contributed by atoms with Crippen molar-refractivity contribution in [2.24, 2.45) is 38.5 Å². The minimum Gasteiger partial charge on any atom is -0.370 e. The summed E-state index contributed by atoms with van der Waals surface area (Å²) in [4.78, 5) is 77.6. The molecule has 0 aromatic carbocycles. The van der Waals surface area contributed by atoms with Gasteiger partial charge in [-0.3, -0.25) is 28.8 Å². The molecule has 0 saturated heterocycles. The van der Waals surface area contributed by atoms with Gasteiger partial charge in [0.05, 0.1) is 23.0 Å². The molecule has 21 heteroatoms. The Labute approximate surface area is 393 Å². The summed E-state index contributed by atoms with van der Waals surface area (Å²) in [5, 5.41) is 18.9. The van der Waals surface area contributed by atoms with Crippen molar-refractivity contribution in [1.82, 2.24) is 32.1 Å². The molecule has 0 aromatic heterocycles. The molecule has 362 valence electrons. The number of amides is 6. The third-order valence-corrected chi connectivity index (χ3v) is 13.5. The van der Waals surface area contributed by atoms with E-state index >= 15 is 0 Å². The fourth-order valence-corrected chi connectivity index (χ4v) is 9.10. The molecule has 0 spiro atoms.